The van der Waals surface area contributed by atoms with Crippen LogP contribution in [0.3, 0.4) is 0 Å². The Morgan fingerprint density at radius 2 is 1.62 bits per heavy atom. The summed E-state index contributed by atoms with van der Waals surface area (Å²) in [4.78, 5) is 28.9. The van der Waals surface area contributed by atoms with Gasteiger partial charge in [0.15, 0.2) is 0 Å². The fraction of sp³-hybridized carbons (Fsp3) is 0.364. The van der Waals surface area contributed by atoms with Crippen molar-refractivity contribution in [2.24, 2.45) is 5.41 Å². The molecule has 5 nitrogen and oxygen atoms in total. The van der Waals surface area contributed by atoms with Gasteiger partial charge < -0.3 is 15.1 Å². The van der Waals surface area contributed by atoms with E-state index in [4.69, 9.17) is 11.6 Å². The summed E-state index contributed by atoms with van der Waals surface area (Å²) in [5.74, 6) is -0.00938. The van der Waals surface area contributed by atoms with E-state index in [1.54, 1.807) is 18.2 Å². The first-order valence-corrected chi connectivity index (χ1v) is 10.7. The zero-order valence-corrected chi connectivity index (χ0v) is 19.2. The van der Waals surface area contributed by atoms with Crippen molar-refractivity contribution in [3.05, 3.63) is 57.5 Å². The van der Waals surface area contributed by atoms with Crippen LogP contribution in [0.25, 0.3) is 0 Å². The molecule has 0 spiro atoms. The number of hydrogen-bond acceptors (Lipinski definition) is 3. The highest BCUT2D eigenvalue weighted by atomic mass is 79.9. The molecule has 0 saturated carbocycles. The molecule has 1 aliphatic rings. The molecule has 2 aromatic carbocycles. The quantitative estimate of drug-likeness (QED) is 0.672. The number of anilines is 2. The van der Waals surface area contributed by atoms with Crippen LogP contribution in [0.5, 0.6) is 0 Å². The summed E-state index contributed by atoms with van der Waals surface area (Å²) in [6.07, 6.45) is 0. The van der Waals surface area contributed by atoms with E-state index in [9.17, 15) is 9.59 Å². The fourth-order valence-corrected chi connectivity index (χ4v) is 3.83. The molecule has 1 saturated heterocycles. The van der Waals surface area contributed by atoms with E-state index in [1.165, 1.54) is 0 Å². The van der Waals surface area contributed by atoms with Gasteiger partial charge in [0.1, 0.15) is 0 Å². The van der Waals surface area contributed by atoms with E-state index in [1.807, 2.05) is 49.9 Å². The number of halogens is 2. The average molecular weight is 479 g/mol. The Bertz CT molecular complexity index is 901. The molecule has 2 aromatic rings. The summed E-state index contributed by atoms with van der Waals surface area (Å²) < 4.78 is 0.922. The van der Waals surface area contributed by atoms with Gasteiger partial charge in [-0.25, -0.2) is 0 Å². The van der Waals surface area contributed by atoms with Crippen LogP contribution in [0.15, 0.2) is 46.9 Å². The van der Waals surface area contributed by atoms with E-state index in [0.29, 0.717) is 29.4 Å². The molecule has 0 aromatic heterocycles. The normalized spacial score (nSPS) is 14.7. The molecule has 29 heavy (non-hydrogen) atoms. The van der Waals surface area contributed by atoms with Gasteiger partial charge in [-0.05, 0) is 42.5 Å². The van der Waals surface area contributed by atoms with Gasteiger partial charge in [-0.1, -0.05) is 48.3 Å². The van der Waals surface area contributed by atoms with Gasteiger partial charge in [0.2, 0.25) is 5.91 Å². The predicted molar refractivity (Wildman–Crippen MR) is 122 cm³/mol. The number of carbonyl (C=O) groups excluding carboxylic acids is 2. The van der Waals surface area contributed by atoms with Gasteiger partial charge in [-0.15, -0.1) is 0 Å². The van der Waals surface area contributed by atoms with E-state index in [2.05, 4.69) is 26.1 Å². The van der Waals surface area contributed by atoms with Crippen molar-refractivity contribution >= 4 is 50.7 Å². The molecule has 1 fully saturated rings. The highest BCUT2D eigenvalue weighted by molar-refractivity contribution is 9.10. The molecule has 1 N–H and O–H groups in total. The summed E-state index contributed by atoms with van der Waals surface area (Å²) >= 11 is 9.87. The molecule has 0 radical (unpaired) electrons. The second-order valence-electron chi connectivity index (χ2n) is 8.16. The van der Waals surface area contributed by atoms with Gasteiger partial charge in [0.25, 0.3) is 5.91 Å². The second-order valence-corrected chi connectivity index (χ2v) is 9.48. The molecule has 1 aliphatic heterocycles. The summed E-state index contributed by atoms with van der Waals surface area (Å²) in [5, 5.41) is 3.46. The van der Waals surface area contributed by atoms with E-state index in [0.717, 1.165) is 23.2 Å². The van der Waals surface area contributed by atoms with Crippen molar-refractivity contribution in [3.63, 3.8) is 0 Å². The highest BCUT2D eigenvalue weighted by Gasteiger charge is 2.30. The third-order valence-corrected chi connectivity index (χ3v) is 5.69. The third-order valence-electron chi connectivity index (χ3n) is 4.86. The van der Waals surface area contributed by atoms with Gasteiger partial charge in [0.05, 0.1) is 10.7 Å². The van der Waals surface area contributed by atoms with Crippen molar-refractivity contribution < 1.29 is 9.59 Å². The molecular weight excluding hydrogens is 454 g/mol. The number of nitrogens with zero attached hydrogens (tertiary/aromatic N) is 2. The van der Waals surface area contributed by atoms with Crippen LogP contribution in [-0.2, 0) is 4.79 Å². The predicted octanol–water partition coefficient (Wildman–Crippen LogP) is 5.05. The Morgan fingerprint density at radius 1 is 1.00 bits per heavy atom. The van der Waals surface area contributed by atoms with Gasteiger partial charge in [-0.3, -0.25) is 9.59 Å². The molecular formula is C22H25BrClN3O2. The van der Waals surface area contributed by atoms with Crippen LogP contribution in [0, 0.1) is 5.41 Å². The lowest BCUT2D eigenvalue weighted by Crippen LogP contribution is -2.51. The first kappa shape index (κ1) is 21.7. The standard InChI is InChI=1S/C22H25BrClN3O2/c1-22(2,3)21(29)27-12-10-26(11-13-27)19-9-8-17(14-18(19)24)25-20(28)15-4-6-16(23)7-5-15/h4-9,14H,10-13H2,1-3H3,(H,25,28). The van der Waals surface area contributed by atoms with Crippen LogP contribution >= 0.6 is 27.5 Å². The zero-order chi connectivity index (χ0) is 21.2. The van der Waals surface area contributed by atoms with E-state index in [-0.39, 0.29) is 17.2 Å². The largest absolute Gasteiger partial charge is 0.367 e. The maximum atomic E-state index is 12.5. The van der Waals surface area contributed by atoms with E-state index >= 15 is 0 Å². The van der Waals surface area contributed by atoms with Crippen molar-refractivity contribution in [2.75, 3.05) is 36.4 Å². The second kappa shape index (κ2) is 8.76. The minimum Gasteiger partial charge on any atom is -0.367 e. The molecule has 0 unspecified atom stereocenters. The van der Waals surface area contributed by atoms with Gasteiger partial charge in [-0.2, -0.15) is 0 Å². The van der Waals surface area contributed by atoms with Gasteiger partial charge >= 0.3 is 0 Å². The van der Waals surface area contributed by atoms with Crippen molar-refractivity contribution in [1.29, 1.82) is 0 Å². The minimum absolute atomic E-state index is 0.175. The third kappa shape index (κ3) is 5.31. The molecule has 1 heterocycles. The van der Waals surface area contributed by atoms with Crippen LogP contribution < -0.4 is 10.2 Å². The zero-order valence-electron chi connectivity index (χ0n) is 16.8. The topological polar surface area (TPSA) is 52.7 Å². The van der Waals surface area contributed by atoms with Crippen molar-refractivity contribution in [3.8, 4) is 0 Å². The highest BCUT2D eigenvalue weighted by Crippen LogP contribution is 2.30. The molecule has 0 atom stereocenters. The maximum absolute atomic E-state index is 12.5. The average Bonchev–Trinajstić information content (AvgIpc) is 2.67. The molecule has 0 bridgehead atoms. The number of amides is 2. The first-order chi connectivity index (χ1) is 13.6. The first-order valence-electron chi connectivity index (χ1n) is 9.56. The Morgan fingerprint density at radius 3 is 2.17 bits per heavy atom. The Labute approximate surface area is 185 Å². The van der Waals surface area contributed by atoms with Crippen LogP contribution in [-0.4, -0.2) is 42.9 Å². The summed E-state index contributed by atoms with van der Waals surface area (Å²) in [5.41, 5.74) is 1.77. The fourth-order valence-electron chi connectivity index (χ4n) is 3.27. The minimum atomic E-state index is -0.367. The Balaban J connectivity index is 1.64. The number of hydrogen-bond donors (Lipinski definition) is 1. The lowest BCUT2D eigenvalue weighted by molar-refractivity contribution is -0.139. The van der Waals surface area contributed by atoms with Crippen molar-refractivity contribution in [1.82, 2.24) is 4.90 Å². The van der Waals surface area contributed by atoms with E-state index < -0.39 is 0 Å². The molecule has 7 heteroatoms. The Kier molecular flexibility index (Phi) is 6.54. The molecule has 154 valence electrons. The number of nitrogens with one attached hydrogen (secondary N) is 1. The van der Waals surface area contributed by atoms with Crippen molar-refractivity contribution in [2.45, 2.75) is 20.8 Å². The number of benzene rings is 2. The summed E-state index contributed by atoms with van der Waals surface area (Å²) in [6, 6.07) is 12.7. The monoisotopic (exact) mass is 477 g/mol. The summed E-state index contributed by atoms with van der Waals surface area (Å²) in [6.45, 7) is 8.64. The van der Waals surface area contributed by atoms with Gasteiger partial charge in [0, 0.05) is 47.3 Å². The number of carbonyl (C=O) groups is 2. The molecule has 0 aliphatic carbocycles. The number of piperazine rings is 1. The van der Waals surface area contributed by atoms with Crippen LogP contribution in [0.4, 0.5) is 11.4 Å². The SMILES string of the molecule is CC(C)(C)C(=O)N1CCN(c2ccc(NC(=O)c3ccc(Br)cc3)cc2Cl)CC1. The lowest BCUT2D eigenvalue weighted by Gasteiger charge is -2.39. The lowest BCUT2D eigenvalue weighted by atomic mass is 9.94. The number of rotatable bonds is 3. The molecule has 2 amide bonds. The summed E-state index contributed by atoms with van der Waals surface area (Å²) in [7, 11) is 0. The van der Waals surface area contributed by atoms with Crippen LogP contribution in [0.1, 0.15) is 31.1 Å². The van der Waals surface area contributed by atoms with Crippen LogP contribution in [0.2, 0.25) is 5.02 Å². The molecule has 3 rings (SSSR count). The maximum Gasteiger partial charge on any atom is 0.255 e. The Hall–Kier alpha value is -2.05. The smallest absolute Gasteiger partial charge is 0.255 e.